The third-order valence-corrected chi connectivity index (χ3v) is 7.74. The van der Waals surface area contributed by atoms with Crippen LogP contribution in [0.3, 0.4) is 0 Å². The Balaban J connectivity index is 1.71. The quantitative estimate of drug-likeness (QED) is 0.726. The van der Waals surface area contributed by atoms with Crippen LogP contribution in [0.2, 0.25) is 0 Å². The van der Waals surface area contributed by atoms with Crippen molar-refractivity contribution in [3.8, 4) is 0 Å². The van der Waals surface area contributed by atoms with E-state index in [1.807, 2.05) is 0 Å². The molecular formula is C22H32O2. The van der Waals surface area contributed by atoms with Crippen molar-refractivity contribution in [3.63, 3.8) is 0 Å². The van der Waals surface area contributed by atoms with Gasteiger partial charge in [0.25, 0.3) is 0 Å². The van der Waals surface area contributed by atoms with Crippen LogP contribution in [-0.4, -0.2) is 18.3 Å². The minimum atomic E-state index is -0.141. The predicted octanol–water partition coefficient (Wildman–Crippen LogP) is 5.15. The topological polar surface area (TPSA) is 29.5 Å². The number of hydrogen-bond acceptors (Lipinski definition) is 2. The van der Waals surface area contributed by atoms with Gasteiger partial charge in [-0.25, -0.2) is 0 Å². The Labute approximate surface area is 146 Å². The van der Waals surface area contributed by atoms with Crippen LogP contribution in [0, 0.1) is 23.2 Å². The number of rotatable bonds is 3. The molecule has 0 spiro atoms. The van der Waals surface area contributed by atoms with Crippen molar-refractivity contribution in [2.24, 2.45) is 23.2 Å². The van der Waals surface area contributed by atoms with Gasteiger partial charge in [0, 0.05) is 11.8 Å². The molecule has 1 saturated carbocycles. The van der Waals surface area contributed by atoms with Crippen LogP contribution in [0.15, 0.2) is 34.6 Å². The fourth-order valence-electron chi connectivity index (χ4n) is 6.42. The molecule has 4 aliphatic carbocycles. The molecule has 1 N–H and O–H groups in total. The van der Waals surface area contributed by atoms with Gasteiger partial charge in [-0.3, -0.25) is 0 Å². The number of methoxy groups -OCH3 is 1. The molecule has 4 rings (SSSR count). The number of aliphatic hydroxyl groups excluding tert-OH is 1. The van der Waals surface area contributed by atoms with Crippen LogP contribution in [-0.2, 0) is 4.74 Å². The number of hydrogen-bond donors (Lipinski definition) is 1. The highest BCUT2D eigenvalue weighted by Gasteiger charge is 2.54. The Morgan fingerprint density at radius 1 is 1.29 bits per heavy atom. The van der Waals surface area contributed by atoms with Crippen molar-refractivity contribution in [2.75, 3.05) is 7.11 Å². The summed E-state index contributed by atoms with van der Waals surface area (Å²) in [6.07, 6.45) is 13.6. The smallest absolute Gasteiger partial charge is 0.0959 e. The first kappa shape index (κ1) is 16.4. The van der Waals surface area contributed by atoms with E-state index in [9.17, 15) is 5.11 Å². The maximum atomic E-state index is 10.7. The van der Waals surface area contributed by atoms with Gasteiger partial charge in [0.1, 0.15) is 0 Å². The summed E-state index contributed by atoms with van der Waals surface area (Å²) in [5.74, 6) is 3.30. The second-order valence-electron chi connectivity index (χ2n) is 8.35. The van der Waals surface area contributed by atoms with Gasteiger partial charge in [0.15, 0.2) is 0 Å². The molecule has 0 aliphatic heterocycles. The molecule has 0 aromatic rings. The number of allylic oxidation sites excluding steroid dienone is 3. The molecule has 1 fully saturated rings. The van der Waals surface area contributed by atoms with Crippen LogP contribution in [0.1, 0.15) is 65.2 Å². The summed E-state index contributed by atoms with van der Waals surface area (Å²) in [5.41, 5.74) is 5.12. The highest BCUT2D eigenvalue weighted by atomic mass is 16.5. The Bertz CT molecular complexity index is 611. The molecule has 0 heterocycles. The van der Waals surface area contributed by atoms with Gasteiger partial charge in [-0.05, 0) is 62.4 Å². The molecule has 0 saturated heterocycles. The van der Waals surface area contributed by atoms with Crippen LogP contribution >= 0.6 is 0 Å². The zero-order valence-electron chi connectivity index (χ0n) is 15.5. The van der Waals surface area contributed by atoms with Gasteiger partial charge < -0.3 is 9.84 Å². The fourth-order valence-corrected chi connectivity index (χ4v) is 6.42. The van der Waals surface area contributed by atoms with E-state index in [1.54, 1.807) is 23.8 Å². The van der Waals surface area contributed by atoms with Crippen LogP contribution in [0.4, 0.5) is 0 Å². The molecule has 24 heavy (non-hydrogen) atoms. The molecule has 2 heteroatoms. The Morgan fingerprint density at radius 2 is 2.12 bits per heavy atom. The van der Waals surface area contributed by atoms with E-state index >= 15 is 0 Å². The Hall–Kier alpha value is -1.02. The van der Waals surface area contributed by atoms with Crippen molar-refractivity contribution in [2.45, 2.75) is 71.3 Å². The molecule has 5 atom stereocenters. The first-order valence-electron chi connectivity index (χ1n) is 9.97. The van der Waals surface area contributed by atoms with Gasteiger partial charge in [-0.15, -0.1) is 0 Å². The SMILES string of the molecule is CC[C@@H]1CC2=C(CC=C(OC)C2)[C@H]2CC[C@@]3(CC)C(=CC[C@@H]3O)[C@H]12. The third kappa shape index (κ3) is 2.18. The first-order valence-corrected chi connectivity index (χ1v) is 9.97. The predicted molar refractivity (Wildman–Crippen MR) is 97.4 cm³/mol. The van der Waals surface area contributed by atoms with Gasteiger partial charge >= 0.3 is 0 Å². The summed E-state index contributed by atoms with van der Waals surface area (Å²) in [7, 11) is 1.81. The summed E-state index contributed by atoms with van der Waals surface area (Å²) in [6.45, 7) is 4.64. The van der Waals surface area contributed by atoms with E-state index in [2.05, 4.69) is 26.0 Å². The molecule has 0 amide bonds. The highest BCUT2D eigenvalue weighted by Crippen LogP contribution is 2.62. The summed E-state index contributed by atoms with van der Waals surface area (Å²) < 4.78 is 5.54. The maximum absolute atomic E-state index is 10.7. The van der Waals surface area contributed by atoms with E-state index in [4.69, 9.17) is 4.74 Å². The van der Waals surface area contributed by atoms with E-state index < -0.39 is 0 Å². The molecule has 4 aliphatic rings. The molecule has 0 bridgehead atoms. The molecule has 2 nitrogen and oxygen atoms in total. The number of aliphatic hydroxyl groups is 1. The zero-order chi connectivity index (χ0) is 16.9. The lowest BCUT2D eigenvalue weighted by atomic mass is 9.52. The van der Waals surface area contributed by atoms with Gasteiger partial charge in [0.05, 0.1) is 19.0 Å². The van der Waals surface area contributed by atoms with E-state index in [1.165, 1.54) is 25.7 Å². The van der Waals surface area contributed by atoms with Crippen molar-refractivity contribution < 1.29 is 9.84 Å². The zero-order valence-corrected chi connectivity index (χ0v) is 15.5. The summed E-state index contributed by atoms with van der Waals surface area (Å²) in [5, 5.41) is 10.7. The minimum Gasteiger partial charge on any atom is -0.501 e. The molecule has 132 valence electrons. The van der Waals surface area contributed by atoms with E-state index in [0.29, 0.717) is 11.8 Å². The van der Waals surface area contributed by atoms with Crippen molar-refractivity contribution >= 4 is 0 Å². The molecule has 0 unspecified atom stereocenters. The number of ether oxygens (including phenoxy) is 1. The lowest BCUT2D eigenvalue weighted by molar-refractivity contribution is 0.0173. The van der Waals surface area contributed by atoms with Crippen molar-refractivity contribution in [1.82, 2.24) is 0 Å². The first-order chi connectivity index (χ1) is 11.6. The Kier molecular flexibility index (Phi) is 4.15. The van der Waals surface area contributed by atoms with Crippen LogP contribution in [0.25, 0.3) is 0 Å². The number of fused-ring (bicyclic) bond motifs is 4. The highest BCUT2D eigenvalue weighted by molar-refractivity contribution is 5.39. The molecular weight excluding hydrogens is 296 g/mol. The third-order valence-electron chi connectivity index (χ3n) is 7.74. The summed E-state index contributed by atoms with van der Waals surface area (Å²) >= 11 is 0. The molecule has 0 radical (unpaired) electrons. The lowest BCUT2D eigenvalue weighted by Gasteiger charge is -2.52. The largest absolute Gasteiger partial charge is 0.501 e. The molecule has 0 aromatic carbocycles. The fraction of sp³-hybridized carbons (Fsp3) is 0.727. The standard InChI is InChI=1S/C22H32O2/c1-4-14-12-15-13-16(24-3)6-7-17(15)18-10-11-22(5-2)19(21(14)18)8-9-20(22)23/h6,8,14,18,20-21,23H,4-5,7,9-13H2,1-3H3/t14-,18-,20+,21-,22+/m1/s1. The average Bonchev–Trinajstić information content (AvgIpc) is 2.97. The van der Waals surface area contributed by atoms with Gasteiger partial charge in [-0.2, -0.15) is 0 Å². The van der Waals surface area contributed by atoms with Crippen LogP contribution < -0.4 is 0 Å². The summed E-state index contributed by atoms with van der Waals surface area (Å²) in [6, 6.07) is 0. The van der Waals surface area contributed by atoms with Gasteiger partial charge in [0.2, 0.25) is 0 Å². The second-order valence-corrected chi connectivity index (χ2v) is 8.35. The second kappa shape index (κ2) is 6.05. The average molecular weight is 328 g/mol. The lowest BCUT2D eigenvalue weighted by Crippen LogP contribution is -2.45. The van der Waals surface area contributed by atoms with Crippen molar-refractivity contribution in [1.29, 1.82) is 0 Å². The van der Waals surface area contributed by atoms with E-state index in [-0.39, 0.29) is 11.5 Å². The monoisotopic (exact) mass is 328 g/mol. The normalized spacial score (nSPS) is 41.2. The van der Waals surface area contributed by atoms with Gasteiger partial charge in [-0.1, -0.05) is 43.1 Å². The minimum absolute atomic E-state index is 0.0921. The van der Waals surface area contributed by atoms with E-state index in [0.717, 1.165) is 37.4 Å². The van der Waals surface area contributed by atoms with Crippen molar-refractivity contribution in [3.05, 3.63) is 34.6 Å². The Morgan fingerprint density at radius 3 is 2.83 bits per heavy atom. The summed E-state index contributed by atoms with van der Waals surface area (Å²) in [4.78, 5) is 0. The molecule has 0 aromatic heterocycles. The van der Waals surface area contributed by atoms with Crippen LogP contribution in [0.5, 0.6) is 0 Å². The maximum Gasteiger partial charge on any atom is 0.0959 e.